The van der Waals surface area contributed by atoms with E-state index >= 15 is 0 Å². The Labute approximate surface area is 136 Å². The third-order valence-electron chi connectivity index (χ3n) is 5.19. The number of imidazole rings is 1. The van der Waals surface area contributed by atoms with Gasteiger partial charge < -0.3 is 14.4 Å². The van der Waals surface area contributed by atoms with E-state index in [0.717, 1.165) is 31.2 Å². The molecule has 0 bridgehead atoms. The van der Waals surface area contributed by atoms with Gasteiger partial charge >= 0.3 is 0 Å². The molecule has 1 aliphatic heterocycles. The Bertz CT molecular complexity index is 676. The van der Waals surface area contributed by atoms with Gasteiger partial charge in [-0.3, -0.25) is 4.90 Å². The van der Waals surface area contributed by atoms with Gasteiger partial charge in [-0.15, -0.1) is 0 Å². The number of benzene rings is 1. The molecule has 23 heavy (non-hydrogen) atoms. The van der Waals surface area contributed by atoms with E-state index < -0.39 is 0 Å². The van der Waals surface area contributed by atoms with Gasteiger partial charge in [0.2, 0.25) is 0 Å². The summed E-state index contributed by atoms with van der Waals surface area (Å²) in [4.78, 5) is 6.61. The first-order valence-electron chi connectivity index (χ1n) is 8.23. The summed E-state index contributed by atoms with van der Waals surface area (Å²) in [5, 5.41) is 10.1. The molecule has 122 valence electrons. The van der Waals surface area contributed by atoms with Crippen LogP contribution in [0.1, 0.15) is 24.2 Å². The van der Waals surface area contributed by atoms with Crippen molar-refractivity contribution in [2.24, 2.45) is 12.5 Å². The average Bonchev–Trinajstić information content (AvgIpc) is 3.11. The molecule has 2 aromatic rings. The number of rotatable bonds is 5. The lowest BCUT2D eigenvalue weighted by molar-refractivity contribution is 0.131. The van der Waals surface area contributed by atoms with Crippen LogP contribution in [0.4, 0.5) is 0 Å². The molecule has 1 aromatic heterocycles. The maximum Gasteiger partial charge on any atom is 0.146 e. The van der Waals surface area contributed by atoms with Crippen LogP contribution in [-0.2, 0) is 20.2 Å². The number of ether oxygens (including phenoxy) is 1. The molecule has 1 unspecified atom stereocenters. The van der Waals surface area contributed by atoms with E-state index in [9.17, 15) is 5.11 Å². The average molecular weight is 313 g/mol. The molecule has 5 heteroatoms. The van der Waals surface area contributed by atoms with Gasteiger partial charge in [0, 0.05) is 44.5 Å². The zero-order valence-electron chi connectivity index (χ0n) is 13.5. The largest absolute Gasteiger partial charge is 0.486 e. The van der Waals surface area contributed by atoms with Gasteiger partial charge in [0.15, 0.2) is 0 Å². The van der Waals surface area contributed by atoms with Gasteiger partial charge in [-0.2, -0.15) is 0 Å². The summed E-state index contributed by atoms with van der Waals surface area (Å²) >= 11 is 0. The van der Waals surface area contributed by atoms with Crippen molar-refractivity contribution in [1.29, 1.82) is 0 Å². The normalized spacial score (nSPS) is 22.6. The van der Waals surface area contributed by atoms with Crippen molar-refractivity contribution in [3.05, 3.63) is 48.0 Å². The Hall–Kier alpha value is -1.85. The first-order valence-corrected chi connectivity index (χ1v) is 8.23. The predicted octanol–water partition coefficient (Wildman–Crippen LogP) is 1.96. The van der Waals surface area contributed by atoms with Crippen molar-refractivity contribution in [3.8, 4) is 5.75 Å². The van der Waals surface area contributed by atoms with Crippen LogP contribution in [0.15, 0.2) is 36.7 Å². The van der Waals surface area contributed by atoms with Gasteiger partial charge in [0.25, 0.3) is 0 Å². The van der Waals surface area contributed by atoms with Crippen molar-refractivity contribution in [2.75, 3.05) is 13.1 Å². The minimum atomic E-state index is -0.136. The molecule has 5 nitrogen and oxygen atoms in total. The van der Waals surface area contributed by atoms with Crippen LogP contribution >= 0.6 is 0 Å². The third kappa shape index (κ3) is 2.99. The summed E-state index contributed by atoms with van der Waals surface area (Å²) in [6.45, 7) is 3.21. The molecular formula is C18H23N3O2. The summed E-state index contributed by atoms with van der Waals surface area (Å²) in [6, 6.07) is 8.24. The lowest BCUT2D eigenvalue weighted by atomic mass is 10.0. The van der Waals surface area contributed by atoms with Crippen LogP contribution in [0.3, 0.4) is 0 Å². The minimum absolute atomic E-state index is 0.136. The Balaban J connectivity index is 1.32. The monoisotopic (exact) mass is 313 g/mol. The zero-order chi connectivity index (χ0) is 15.9. The van der Waals surface area contributed by atoms with Crippen LogP contribution in [0.2, 0.25) is 0 Å². The van der Waals surface area contributed by atoms with Gasteiger partial charge in [-0.25, -0.2) is 4.98 Å². The van der Waals surface area contributed by atoms with Crippen LogP contribution in [0.5, 0.6) is 5.75 Å². The maximum atomic E-state index is 10.1. The van der Waals surface area contributed by atoms with Crippen LogP contribution < -0.4 is 4.74 Å². The quantitative estimate of drug-likeness (QED) is 0.917. The number of hydrogen-bond acceptors (Lipinski definition) is 4. The van der Waals surface area contributed by atoms with Crippen LogP contribution in [-0.4, -0.2) is 38.8 Å². The molecule has 1 aliphatic carbocycles. The lowest BCUT2D eigenvalue weighted by Gasteiger charge is -2.15. The number of nitrogens with zero attached hydrogens (tertiary/aromatic N) is 3. The van der Waals surface area contributed by atoms with Gasteiger partial charge in [-0.1, -0.05) is 12.1 Å². The molecular weight excluding hydrogens is 290 g/mol. The van der Waals surface area contributed by atoms with E-state index in [-0.39, 0.29) is 11.5 Å². The highest BCUT2D eigenvalue weighted by atomic mass is 16.5. The second kappa shape index (κ2) is 5.65. The van der Waals surface area contributed by atoms with Crippen LogP contribution in [0, 0.1) is 5.41 Å². The van der Waals surface area contributed by atoms with E-state index in [2.05, 4.69) is 22.0 Å². The van der Waals surface area contributed by atoms with Crippen molar-refractivity contribution in [2.45, 2.75) is 32.1 Å². The van der Waals surface area contributed by atoms with Crippen molar-refractivity contribution in [3.63, 3.8) is 0 Å². The van der Waals surface area contributed by atoms with Crippen molar-refractivity contribution >= 4 is 0 Å². The number of likely N-dealkylation sites (tertiary alicyclic amines) is 1. The Morgan fingerprint density at radius 3 is 2.70 bits per heavy atom. The van der Waals surface area contributed by atoms with Crippen molar-refractivity contribution in [1.82, 2.24) is 14.5 Å². The number of aryl methyl sites for hydroxylation is 1. The van der Waals surface area contributed by atoms with E-state index in [1.54, 1.807) is 6.20 Å². The van der Waals surface area contributed by atoms with E-state index in [1.165, 1.54) is 18.4 Å². The lowest BCUT2D eigenvalue weighted by Crippen LogP contribution is -2.21. The predicted molar refractivity (Wildman–Crippen MR) is 86.9 cm³/mol. The minimum Gasteiger partial charge on any atom is -0.486 e. The first-order chi connectivity index (χ1) is 11.1. The number of aromatic nitrogens is 2. The zero-order valence-corrected chi connectivity index (χ0v) is 13.5. The smallest absolute Gasteiger partial charge is 0.146 e. The number of aliphatic hydroxyl groups excluding tert-OH is 1. The van der Waals surface area contributed by atoms with E-state index in [4.69, 9.17) is 4.74 Å². The highest BCUT2D eigenvalue weighted by Gasteiger charge is 2.54. The Kier molecular flexibility index (Phi) is 3.62. The summed E-state index contributed by atoms with van der Waals surface area (Å²) in [5.74, 6) is 1.77. The summed E-state index contributed by atoms with van der Waals surface area (Å²) in [5.41, 5.74) is 1.49. The van der Waals surface area contributed by atoms with Crippen LogP contribution in [0.25, 0.3) is 0 Å². The second-order valence-corrected chi connectivity index (χ2v) is 6.93. The third-order valence-corrected chi connectivity index (χ3v) is 5.19. The number of hydrogen-bond donors (Lipinski definition) is 1. The molecule has 1 atom stereocenters. The Morgan fingerprint density at radius 1 is 1.30 bits per heavy atom. The van der Waals surface area contributed by atoms with E-state index in [1.807, 2.05) is 29.9 Å². The molecule has 0 radical (unpaired) electrons. The van der Waals surface area contributed by atoms with Gasteiger partial charge in [0.05, 0.1) is 6.10 Å². The molecule has 1 N–H and O–H groups in total. The van der Waals surface area contributed by atoms with Gasteiger partial charge in [0.1, 0.15) is 18.2 Å². The fourth-order valence-electron chi connectivity index (χ4n) is 3.46. The molecule has 0 amide bonds. The molecule has 1 spiro atoms. The summed E-state index contributed by atoms with van der Waals surface area (Å²) in [7, 11) is 1.96. The highest BCUT2D eigenvalue weighted by Crippen LogP contribution is 2.52. The fraction of sp³-hybridized carbons (Fsp3) is 0.500. The molecule has 2 aliphatic rings. The first kappa shape index (κ1) is 14.7. The molecule has 4 rings (SSSR count). The topological polar surface area (TPSA) is 50.5 Å². The highest BCUT2D eigenvalue weighted by molar-refractivity contribution is 5.27. The fourth-order valence-corrected chi connectivity index (χ4v) is 3.46. The molecule has 1 aromatic carbocycles. The second-order valence-electron chi connectivity index (χ2n) is 6.93. The SMILES string of the molecule is Cn1ccnc1COc1ccc(CN2CC(O)C3(CC3)C2)cc1. The van der Waals surface area contributed by atoms with Gasteiger partial charge in [-0.05, 0) is 30.5 Å². The molecule has 2 heterocycles. The number of β-amino-alcohol motifs (C(OH)–C–C–N with tert-alkyl or cyclic N) is 1. The maximum absolute atomic E-state index is 10.1. The standard InChI is InChI=1S/C18H23N3O2/c1-20-9-8-19-17(20)12-23-15-4-2-14(3-5-15)10-21-11-16(22)18(13-21)6-7-18/h2-5,8-9,16,22H,6-7,10-13H2,1H3. The summed E-state index contributed by atoms with van der Waals surface area (Å²) in [6.07, 6.45) is 5.93. The van der Waals surface area contributed by atoms with E-state index in [0.29, 0.717) is 6.61 Å². The van der Waals surface area contributed by atoms with Crippen molar-refractivity contribution < 1.29 is 9.84 Å². The summed E-state index contributed by atoms with van der Waals surface area (Å²) < 4.78 is 7.74. The molecule has 1 saturated heterocycles. The Morgan fingerprint density at radius 2 is 2.09 bits per heavy atom. The molecule has 2 fully saturated rings. The molecule has 1 saturated carbocycles. The number of aliphatic hydroxyl groups is 1.